The van der Waals surface area contributed by atoms with E-state index in [-0.39, 0.29) is 47.6 Å². The van der Waals surface area contributed by atoms with Crippen LogP contribution in [0.1, 0.15) is 35.2 Å². The minimum Gasteiger partial charge on any atom is -0.395 e. The van der Waals surface area contributed by atoms with Crippen LogP contribution in [-0.2, 0) is 26.0 Å². The molecule has 3 aliphatic rings. The first-order chi connectivity index (χ1) is 19.6. The van der Waals surface area contributed by atoms with Crippen molar-refractivity contribution in [1.29, 1.82) is 0 Å². The zero-order valence-electron chi connectivity index (χ0n) is 22.3. The summed E-state index contributed by atoms with van der Waals surface area (Å²) in [5.74, 6) is -1.32. The van der Waals surface area contributed by atoms with Crippen molar-refractivity contribution in [3.63, 3.8) is 0 Å². The number of carbonyl (C=O) groups is 2. The Balaban J connectivity index is 1.20. The van der Waals surface area contributed by atoms with Gasteiger partial charge in [-0.15, -0.1) is 8.78 Å². The number of ketones is 1. The molecule has 1 unspecified atom stereocenters. The number of Topliss-reactive ketones (excluding diaryl/α,β-unsaturated/α-hetero) is 1. The van der Waals surface area contributed by atoms with E-state index in [2.05, 4.69) is 9.47 Å². The topological polar surface area (TPSA) is 102 Å². The summed E-state index contributed by atoms with van der Waals surface area (Å²) >= 11 is 0. The van der Waals surface area contributed by atoms with E-state index in [1.54, 1.807) is 18.1 Å². The van der Waals surface area contributed by atoms with Gasteiger partial charge in [0.25, 0.3) is 5.91 Å². The predicted octanol–water partition coefficient (Wildman–Crippen LogP) is 4.37. The van der Waals surface area contributed by atoms with E-state index < -0.39 is 22.2 Å². The molecule has 3 aromatic carbocycles. The number of anilines is 1. The molecule has 3 aliphatic heterocycles. The van der Waals surface area contributed by atoms with Crippen LogP contribution in [0.2, 0.25) is 0 Å². The van der Waals surface area contributed by atoms with Crippen LogP contribution in [0, 0.1) is 5.92 Å². The van der Waals surface area contributed by atoms with Gasteiger partial charge in [0.05, 0.1) is 10.6 Å². The number of hydrogen-bond donors (Lipinski definition) is 0. The first-order valence-electron chi connectivity index (χ1n) is 13.4. The molecule has 0 spiro atoms. The number of carbonyl (C=O) groups excluding carboxylic acids is 2. The smallest absolute Gasteiger partial charge is 0.395 e. The standard InChI is InChI=1S/C29H28F2N2O7S/c1-38-14-4-13-33-23-10-8-18(21-6-2-7-22(27(21)23)28(33)35)15-24(34)19-5-3-12-32(17-19)41(36,37)20-9-11-25-26(16-20)40-29(30,31)39-25/h2,6-11,16,19H,3-5,12-15,17H2,1H3. The Hall–Kier alpha value is -3.61. The number of alkyl halides is 2. The third-order valence-corrected chi connectivity index (χ3v) is 9.68. The van der Waals surface area contributed by atoms with E-state index in [9.17, 15) is 26.8 Å². The summed E-state index contributed by atoms with van der Waals surface area (Å²) in [6, 6.07) is 12.6. The van der Waals surface area contributed by atoms with Gasteiger partial charge in [-0.25, -0.2) is 8.42 Å². The molecular weight excluding hydrogens is 558 g/mol. The average Bonchev–Trinajstić information content (AvgIpc) is 3.42. The lowest BCUT2D eigenvalue weighted by atomic mass is 9.89. The lowest BCUT2D eigenvalue weighted by Crippen LogP contribution is -2.42. The van der Waals surface area contributed by atoms with Crippen LogP contribution in [0.15, 0.2) is 53.4 Å². The van der Waals surface area contributed by atoms with Crippen molar-refractivity contribution in [2.75, 3.05) is 38.3 Å². The summed E-state index contributed by atoms with van der Waals surface area (Å²) in [6.07, 6.45) is -2.06. The minimum absolute atomic E-state index is 0.0151. The molecule has 1 fully saturated rings. The summed E-state index contributed by atoms with van der Waals surface area (Å²) in [5.41, 5.74) is 2.18. The second kappa shape index (κ2) is 10.3. The highest BCUT2D eigenvalue weighted by atomic mass is 32.2. The second-order valence-corrected chi connectivity index (χ2v) is 12.3. The Morgan fingerprint density at radius 2 is 1.93 bits per heavy atom. The Morgan fingerprint density at radius 3 is 2.73 bits per heavy atom. The number of nitrogens with zero attached hydrogens (tertiary/aromatic N) is 2. The van der Waals surface area contributed by atoms with Crippen molar-refractivity contribution in [3.05, 3.63) is 59.7 Å². The third-order valence-electron chi connectivity index (χ3n) is 7.82. The maximum Gasteiger partial charge on any atom is 0.586 e. The van der Waals surface area contributed by atoms with Crippen LogP contribution in [0.5, 0.6) is 11.5 Å². The van der Waals surface area contributed by atoms with Gasteiger partial charge in [-0.1, -0.05) is 18.2 Å². The van der Waals surface area contributed by atoms with E-state index in [1.165, 1.54) is 10.4 Å². The first-order valence-corrected chi connectivity index (χ1v) is 14.8. The number of piperidine rings is 1. The summed E-state index contributed by atoms with van der Waals surface area (Å²) in [6.45, 7) is 1.25. The van der Waals surface area contributed by atoms with Gasteiger partial charge in [-0.2, -0.15) is 4.31 Å². The number of fused-ring (bicyclic) bond motifs is 1. The van der Waals surface area contributed by atoms with E-state index in [0.29, 0.717) is 38.0 Å². The van der Waals surface area contributed by atoms with Crippen LogP contribution in [0.3, 0.4) is 0 Å². The van der Waals surface area contributed by atoms with Gasteiger partial charge >= 0.3 is 6.29 Å². The summed E-state index contributed by atoms with van der Waals surface area (Å²) < 4.78 is 68.7. The van der Waals surface area contributed by atoms with E-state index >= 15 is 0 Å². The van der Waals surface area contributed by atoms with Crippen molar-refractivity contribution in [1.82, 2.24) is 4.31 Å². The molecule has 1 saturated heterocycles. The van der Waals surface area contributed by atoms with Crippen LogP contribution < -0.4 is 14.4 Å². The highest BCUT2D eigenvalue weighted by Crippen LogP contribution is 2.43. The molecule has 0 bridgehead atoms. The minimum atomic E-state index is -4.07. The zero-order chi connectivity index (χ0) is 28.9. The van der Waals surface area contributed by atoms with E-state index in [1.807, 2.05) is 24.3 Å². The average molecular weight is 587 g/mol. The fourth-order valence-electron chi connectivity index (χ4n) is 5.84. The number of hydrogen-bond acceptors (Lipinski definition) is 7. The largest absolute Gasteiger partial charge is 0.586 e. The highest BCUT2D eigenvalue weighted by molar-refractivity contribution is 7.89. The molecule has 6 rings (SSSR count). The SMILES string of the molecule is COCCCN1C(=O)c2cccc3c(CC(=O)C4CCCN(S(=O)(=O)c5ccc6c(c5)OC(F)(F)O6)C4)ccc1c23. The molecule has 0 radical (unpaired) electrons. The Bertz CT molecular complexity index is 1660. The zero-order valence-corrected chi connectivity index (χ0v) is 23.1. The highest BCUT2D eigenvalue weighted by Gasteiger charge is 2.44. The molecule has 12 heteroatoms. The van der Waals surface area contributed by atoms with Crippen molar-refractivity contribution >= 4 is 38.2 Å². The number of halogens is 2. The van der Waals surface area contributed by atoms with Gasteiger partial charge in [0, 0.05) is 62.7 Å². The van der Waals surface area contributed by atoms with Gasteiger partial charge in [0.1, 0.15) is 5.78 Å². The molecule has 3 heterocycles. The van der Waals surface area contributed by atoms with Crippen molar-refractivity contribution in [2.45, 2.75) is 36.9 Å². The van der Waals surface area contributed by atoms with Crippen LogP contribution in [-0.4, -0.2) is 64.1 Å². The molecule has 0 aromatic heterocycles. The molecule has 1 atom stereocenters. The van der Waals surface area contributed by atoms with E-state index in [0.717, 1.165) is 34.2 Å². The fraction of sp³-hybridized carbons (Fsp3) is 0.379. The molecule has 0 N–H and O–H groups in total. The van der Waals surface area contributed by atoms with Gasteiger partial charge in [-0.3, -0.25) is 9.59 Å². The molecule has 0 saturated carbocycles. The van der Waals surface area contributed by atoms with Crippen LogP contribution in [0.25, 0.3) is 10.8 Å². The number of sulfonamides is 1. The van der Waals surface area contributed by atoms with Crippen molar-refractivity contribution in [2.24, 2.45) is 5.92 Å². The summed E-state index contributed by atoms with van der Waals surface area (Å²) in [5, 5.41) is 1.65. The molecule has 1 amide bonds. The quantitative estimate of drug-likeness (QED) is 0.343. The Morgan fingerprint density at radius 1 is 1.12 bits per heavy atom. The van der Waals surface area contributed by atoms with Gasteiger partial charge in [-0.05, 0) is 54.5 Å². The molecule has 0 aliphatic carbocycles. The maximum absolute atomic E-state index is 13.5. The molecule has 41 heavy (non-hydrogen) atoms. The lowest BCUT2D eigenvalue weighted by Gasteiger charge is -2.31. The molecular formula is C29H28F2N2O7S. The van der Waals surface area contributed by atoms with Gasteiger partial charge in [0.2, 0.25) is 10.0 Å². The van der Waals surface area contributed by atoms with Gasteiger partial charge in [0.15, 0.2) is 11.5 Å². The number of methoxy groups -OCH3 is 1. The molecule has 216 valence electrons. The number of ether oxygens (including phenoxy) is 3. The normalized spacial score (nSPS) is 19.7. The van der Waals surface area contributed by atoms with E-state index in [4.69, 9.17) is 4.74 Å². The predicted molar refractivity (Wildman–Crippen MR) is 145 cm³/mol. The van der Waals surface area contributed by atoms with Gasteiger partial charge < -0.3 is 19.1 Å². The lowest BCUT2D eigenvalue weighted by molar-refractivity contribution is -0.286. The monoisotopic (exact) mass is 586 g/mol. The summed E-state index contributed by atoms with van der Waals surface area (Å²) in [4.78, 5) is 28.1. The Labute approximate surface area is 235 Å². The van der Waals surface area contributed by atoms with Crippen LogP contribution in [0.4, 0.5) is 14.5 Å². The number of rotatable bonds is 9. The fourth-order valence-corrected chi connectivity index (χ4v) is 7.38. The summed E-state index contributed by atoms with van der Waals surface area (Å²) in [7, 11) is -2.45. The molecule has 9 nitrogen and oxygen atoms in total. The van der Waals surface area contributed by atoms with Crippen molar-refractivity contribution < 1.29 is 41.0 Å². The third kappa shape index (κ3) is 4.93. The Kier molecular flexibility index (Phi) is 6.95. The molecule has 3 aromatic rings. The number of amides is 1. The van der Waals surface area contributed by atoms with Crippen LogP contribution >= 0.6 is 0 Å². The van der Waals surface area contributed by atoms with Crippen molar-refractivity contribution in [3.8, 4) is 11.5 Å². The first kappa shape index (κ1) is 27.6. The second-order valence-electron chi connectivity index (χ2n) is 10.4. The number of benzene rings is 3. The maximum atomic E-state index is 13.5.